The number of nitro benzene ring substituents is 1. The van der Waals surface area contributed by atoms with Crippen molar-refractivity contribution in [1.82, 2.24) is 14.6 Å². The van der Waals surface area contributed by atoms with Crippen molar-refractivity contribution in [1.29, 1.82) is 0 Å². The van der Waals surface area contributed by atoms with E-state index in [9.17, 15) is 10.1 Å². The Morgan fingerprint density at radius 3 is 2.89 bits per heavy atom. The Hall–Kier alpha value is -2.48. The number of para-hydroxylation sites is 1. The number of nitrogens with zero attached hydrogens (tertiary/aromatic N) is 4. The molecule has 2 aromatic heterocycles. The van der Waals surface area contributed by atoms with Crippen LogP contribution in [0.1, 0.15) is 0 Å². The number of fused-ring (bicyclic) bond motifs is 1. The molecular weight excluding hydrogens is 268 g/mol. The summed E-state index contributed by atoms with van der Waals surface area (Å²) in [5.41, 5.74) is 1.03. The topological polar surface area (TPSA) is 82.6 Å². The van der Waals surface area contributed by atoms with Gasteiger partial charge in [-0.15, -0.1) is 5.10 Å². The number of methoxy groups -OCH3 is 1. The van der Waals surface area contributed by atoms with Gasteiger partial charge in [0.1, 0.15) is 0 Å². The number of hydrogen-bond donors (Lipinski definition) is 0. The Morgan fingerprint density at radius 2 is 2.21 bits per heavy atom. The second-order valence-electron chi connectivity index (χ2n) is 3.70. The van der Waals surface area contributed by atoms with Crippen molar-refractivity contribution < 1.29 is 9.66 Å². The van der Waals surface area contributed by atoms with Gasteiger partial charge < -0.3 is 4.74 Å². The quantitative estimate of drug-likeness (QED) is 0.541. The zero-order valence-electron chi connectivity index (χ0n) is 9.81. The van der Waals surface area contributed by atoms with E-state index in [0.717, 1.165) is 0 Å². The van der Waals surface area contributed by atoms with Crippen molar-refractivity contribution in [2.75, 3.05) is 7.11 Å². The Bertz CT molecular complexity index is 733. The zero-order valence-corrected chi connectivity index (χ0v) is 10.6. The van der Waals surface area contributed by atoms with E-state index in [1.807, 2.05) is 0 Å². The fourth-order valence-corrected chi connectivity index (χ4v) is 2.44. The summed E-state index contributed by atoms with van der Waals surface area (Å²) in [5.74, 6) is 0. The highest BCUT2D eigenvalue weighted by molar-refractivity contribution is 7.18. The number of ether oxygens (including phenoxy) is 1. The molecule has 0 N–H and O–H groups in total. The summed E-state index contributed by atoms with van der Waals surface area (Å²) in [7, 11) is 1.53. The molecule has 7 nitrogen and oxygen atoms in total. The van der Waals surface area contributed by atoms with Crippen LogP contribution in [0.2, 0.25) is 0 Å². The van der Waals surface area contributed by atoms with Crippen LogP contribution < -0.4 is 4.74 Å². The summed E-state index contributed by atoms with van der Waals surface area (Å²) in [4.78, 5) is 15.5. The van der Waals surface area contributed by atoms with Crippen LogP contribution in [0.5, 0.6) is 5.19 Å². The maximum Gasteiger partial charge on any atom is 0.294 e. The standard InChI is InChI=1S/C11H8N4O3S/c1-18-11-13-14-6-8(12-10(14)19-11)7-4-2-3-5-9(7)15(16)17/h2-6H,1H3. The van der Waals surface area contributed by atoms with Gasteiger partial charge in [-0.1, -0.05) is 12.1 Å². The third-order valence-electron chi connectivity index (χ3n) is 2.58. The maximum absolute atomic E-state index is 11.0. The van der Waals surface area contributed by atoms with Crippen LogP contribution in [0.25, 0.3) is 16.2 Å². The Balaban J connectivity index is 2.14. The van der Waals surface area contributed by atoms with Crippen LogP contribution in [-0.4, -0.2) is 26.6 Å². The molecule has 8 heteroatoms. The summed E-state index contributed by atoms with van der Waals surface area (Å²) in [6.45, 7) is 0. The Morgan fingerprint density at radius 1 is 1.42 bits per heavy atom. The third-order valence-corrected chi connectivity index (χ3v) is 3.46. The van der Waals surface area contributed by atoms with Gasteiger partial charge in [-0.25, -0.2) is 9.50 Å². The predicted molar refractivity (Wildman–Crippen MR) is 69.5 cm³/mol. The molecule has 0 saturated heterocycles. The molecule has 19 heavy (non-hydrogen) atoms. The number of aromatic nitrogens is 3. The van der Waals surface area contributed by atoms with Gasteiger partial charge >= 0.3 is 0 Å². The lowest BCUT2D eigenvalue weighted by molar-refractivity contribution is -0.384. The Kier molecular flexibility index (Phi) is 2.64. The molecule has 0 spiro atoms. The van der Waals surface area contributed by atoms with Gasteiger partial charge in [0.2, 0.25) is 4.96 Å². The molecular formula is C11H8N4O3S. The highest BCUT2D eigenvalue weighted by Crippen LogP contribution is 2.30. The molecule has 2 heterocycles. The molecule has 0 bridgehead atoms. The van der Waals surface area contributed by atoms with E-state index in [0.29, 0.717) is 21.4 Å². The number of hydrogen-bond acceptors (Lipinski definition) is 6. The van der Waals surface area contributed by atoms with E-state index >= 15 is 0 Å². The molecule has 0 radical (unpaired) electrons. The highest BCUT2D eigenvalue weighted by atomic mass is 32.1. The van der Waals surface area contributed by atoms with Gasteiger partial charge in [-0.2, -0.15) is 0 Å². The average Bonchev–Trinajstić information content (AvgIpc) is 2.96. The SMILES string of the molecule is COc1nn2cc(-c3ccccc3[N+](=O)[O-])nc2s1. The normalized spacial score (nSPS) is 10.8. The first-order valence-electron chi connectivity index (χ1n) is 5.33. The zero-order chi connectivity index (χ0) is 13.4. The molecule has 3 aromatic rings. The van der Waals surface area contributed by atoms with Crippen molar-refractivity contribution in [2.24, 2.45) is 0 Å². The van der Waals surface area contributed by atoms with Crippen LogP contribution >= 0.6 is 11.3 Å². The summed E-state index contributed by atoms with van der Waals surface area (Å²) >= 11 is 1.28. The molecule has 0 aliphatic rings. The van der Waals surface area contributed by atoms with Gasteiger partial charge in [0.05, 0.1) is 29.5 Å². The summed E-state index contributed by atoms with van der Waals surface area (Å²) in [5, 5.41) is 15.6. The smallest absolute Gasteiger partial charge is 0.294 e. The minimum Gasteiger partial charge on any atom is -0.472 e. The summed E-state index contributed by atoms with van der Waals surface area (Å²) in [6.07, 6.45) is 1.65. The number of nitro groups is 1. The average molecular weight is 276 g/mol. The van der Waals surface area contributed by atoms with Gasteiger partial charge in [-0.05, 0) is 17.4 Å². The van der Waals surface area contributed by atoms with Gasteiger partial charge in [0.15, 0.2) is 0 Å². The van der Waals surface area contributed by atoms with Gasteiger partial charge in [0.25, 0.3) is 10.9 Å². The third kappa shape index (κ3) is 1.91. The summed E-state index contributed by atoms with van der Waals surface area (Å²) in [6, 6.07) is 6.49. The van der Waals surface area contributed by atoms with Crippen molar-refractivity contribution >= 4 is 22.0 Å². The molecule has 0 fully saturated rings. The molecule has 0 saturated carbocycles. The fourth-order valence-electron chi connectivity index (χ4n) is 1.74. The molecule has 0 atom stereocenters. The van der Waals surface area contributed by atoms with Crippen LogP contribution in [0.15, 0.2) is 30.5 Å². The van der Waals surface area contributed by atoms with Crippen molar-refractivity contribution in [3.8, 4) is 16.5 Å². The van der Waals surface area contributed by atoms with E-state index < -0.39 is 4.92 Å². The van der Waals surface area contributed by atoms with E-state index in [4.69, 9.17) is 4.74 Å². The lowest BCUT2D eigenvalue weighted by Gasteiger charge is -1.97. The van der Waals surface area contributed by atoms with Gasteiger partial charge in [-0.3, -0.25) is 10.1 Å². The minimum absolute atomic E-state index is 0.0280. The van der Waals surface area contributed by atoms with E-state index in [1.165, 1.54) is 24.5 Å². The molecule has 96 valence electrons. The maximum atomic E-state index is 11.0. The molecule has 0 amide bonds. The second-order valence-corrected chi connectivity index (χ2v) is 4.62. The fraction of sp³-hybridized carbons (Fsp3) is 0.0909. The Labute approximate surface area is 111 Å². The van der Waals surface area contributed by atoms with Crippen molar-refractivity contribution in [3.63, 3.8) is 0 Å². The molecule has 1 aromatic carbocycles. The lowest BCUT2D eigenvalue weighted by atomic mass is 10.1. The highest BCUT2D eigenvalue weighted by Gasteiger charge is 2.18. The van der Waals surface area contributed by atoms with Crippen molar-refractivity contribution in [3.05, 3.63) is 40.6 Å². The molecule has 0 aliphatic carbocycles. The van der Waals surface area contributed by atoms with Crippen molar-refractivity contribution in [2.45, 2.75) is 0 Å². The second kappa shape index (κ2) is 4.32. The first-order valence-corrected chi connectivity index (χ1v) is 6.14. The minimum atomic E-state index is -0.420. The number of benzene rings is 1. The lowest BCUT2D eigenvalue weighted by Crippen LogP contribution is -1.91. The first-order chi connectivity index (χ1) is 9.19. The van der Waals surface area contributed by atoms with Crippen LogP contribution in [0.4, 0.5) is 5.69 Å². The first kappa shape index (κ1) is 11.6. The number of imidazole rings is 1. The van der Waals surface area contributed by atoms with Gasteiger partial charge in [0, 0.05) is 6.07 Å². The predicted octanol–water partition coefficient (Wildman–Crippen LogP) is 2.37. The van der Waals surface area contributed by atoms with Crippen LogP contribution in [0, 0.1) is 10.1 Å². The van der Waals surface area contributed by atoms with E-state index in [2.05, 4.69) is 10.1 Å². The largest absolute Gasteiger partial charge is 0.472 e. The molecule has 0 unspecified atom stereocenters. The van der Waals surface area contributed by atoms with E-state index in [-0.39, 0.29) is 5.69 Å². The number of rotatable bonds is 3. The molecule has 3 rings (SSSR count). The van der Waals surface area contributed by atoms with E-state index in [1.54, 1.807) is 28.9 Å². The monoisotopic (exact) mass is 276 g/mol. The van der Waals surface area contributed by atoms with Crippen LogP contribution in [-0.2, 0) is 0 Å². The van der Waals surface area contributed by atoms with Crippen LogP contribution in [0.3, 0.4) is 0 Å². The summed E-state index contributed by atoms with van der Waals surface area (Å²) < 4.78 is 6.55. The molecule has 0 aliphatic heterocycles.